The fourth-order valence-corrected chi connectivity index (χ4v) is 4.12. The van der Waals surface area contributed by atoms with E-state index in [0.29, 0.717) is 29.0 Å². The van der Waals surface area contributed by atoms with Crippen molar-refractivity contribution in [3.63, 3.8) is 0 Å². The Hall–Kier alpha value is -1.74. The first-order valence-corrected chi connectivity index (χ1v) is 11.5. The Kier molecular flexibility index (Phi) is 8.44. The lowest BCUT2D eigenvalue weighted by atomic mass is 9.83. The molecule has 0 radical (unpaired) electrons. The van der Waals surface area contributed by atoms with Gasteiger partial charge in [0.25, 0.3) is 0 Å². The van der Waals surface area contributed by atoms with Gasteiger partial charge in [-0.25, -0.2) is 0 Å². The van der Waals surface area contributed by atoms with E-state index in [1.807, 2.05) is 36.4 Å². The summed E-state index contributed by atoms with van der Waals surface area (Å²) in [5, 5.41) is 1.23. The SMILES string of the molecule is CCCCOc1ccc(C2(OCCCC)C=CC(c3ccccc3)C=C2Cl)cc1Cl. The highest BCUT2D eigenvalue weighted by atomic mass is 35.5. The molecule has 0 saturated heterocycles. The Morgan fingerprint density at radius 2 is 1.67 bits per heavy atom. The quantitative estimate of drug-likeness (QED) is 0.272. The standard InChI is InChI=1S/C26H30Cl2O2/c1-3-5-16-29-24-13-12-22(19-23(24)27)26(30-17-6-4-2)15-14-21(18-25(26)28)20-10-8-7-9-11-20/h7-15,18-19,21H,3-6,16-17H2,1-2H3. The molecule has 2 atom stereocenters. The number of hydrogen-bond donors (Lipinski definition) is 0. The van der Waals surface area contributed by atoms with Crippen LogP contribution in [0.2, 0.25) is 5.02 Å². The predicted octanol–water partition coefficient (Wildman–Crippen LogP) is 8.01. The second-order valence-corrected chi connectivity index (χ2v) is 8.41. The summed E-state index contributed by atoms with van der Waals surface area (Å²) in [5.74, 6) is 0.813. The molecule has 30 heavy (non-hydrogen) atoms. The van der Waals surface area contributed by atoms with Gasteiger partial charge in [-0.15, -0.1) is 0 Å². The number of benzene rings is 2. The van der Waals surface area contributed by atoms with Crippen molar-refractivity contribution in [1.82, 2.24) is 0 Å². The Bertz CT molecular complexity index is 876. The van der Waals surface area contributed by atoms with E-state index < -0.39 is 5.60 Å². The van der Waals surface area contributed by atoms with Gasteiger partial charge in [0.15, 0.2) is 0 Å². The van der Waals surface area contributed by atoms with Crippen LogP contribution in [-0.2, 0) is 10.3 Å². The van der Waals surface area contributed by atoms with Gasteiger partial charge in [-0.2, -0.15) is 0 Å². The van der Waals surface area contributed by atoms with Crippen molar-refractivity contribution < 1.29 is 9.47 Å². The van der Waals surface area contributed by atoms with Crippen molar-refractivity contribution >= 4 is 23.2 Å². The minimum Gasteiger partial charge on any atom is -0.492 e. The highest BCUT2D eigenvalue weighted by Crippen LogP contribution is 2.45. The van der Waals surface area contributed by atoms with Gasteiger partial charge in [-0.3, -0.25) is 0 Å². The summed E-state index contributed by atoms with van der Waals surface area (Å²) in [6, 6.07) is 16.2. The molecule has 1 aliphatic rings. The van der Waals surface area contributed by atoms with E-state index in [4.69, 9.17) is 32.7 Å². The largest absolute Gasteiger partial charge is 0.492 e. The Morgan fingerprint density at radius 3 is 2.33 bits per heavy atom. The lowest BCUT2D eigenvalue weighted by Gasteiger charge is -2.35. The van der Waals surface area contributed by atoms with Crippen LogP contribution in [0.25, 0.3) is 0 Å². The molecule has 3 rings (SSSR count). The van der Waals surface area contributed by atoms with Crippen molar-refractivity contribution in [2.75, 3.05) is 13.2 Å². The summed E-state index contributed by atoms with van der Waals surface area (Å²) in [6.45, 7) is 5.56. The van der Waals surface area contributed by atoms with E-state index in [1.165, 1.54) is 5.56 Å². The van der Waals surface area contributed by atoms with Crippen molar-refractivity contribution in [2.45, 2.75) is 51.0 Å². The Labute approximate surface area is 190 Å². The second kappa shape index (κ2) is 11.0. The van der Waals surface area contributed by atoms with Crippen LogP contribution in [0.3, 0.4) is 0 Å². The molecule has 0 bridgehead atoms. The number of ether oxygens (including phenoxy) is 2. The molecule has 1 aliphatic carbocycles. The first-order chi connectivity index (χ1) is 14.6. The van der Waals surface area contributed by atoms with Crippen LogP contribution in [0.15, 0.2) is 71.8 Å². The third-order valence-electron chi connectivity index (χ3n) is 5.35. The zero-order valence-electron chi connectivity index (χ0n) is 17.7. The maximum atomic E-state index is 6.90. The topological polar surface area (TPSA) is 18.5 Å². The van der Waals surface area contributed by atoms with Crippen molar-refractivity contribution in [1.29, 1.82) is 0 Å². The van der Waals surface area contributed by atoms with Crippen molar-refractivity contribution in [2.24, 2.45) is 0 Å². The van der Waals surface area contributed by atoms with E-state index in [2.05, 4.69) is 44.2 Å². The summed E-state index contributed by atoms with van der Waals surface area (Å²) in [4.78, 5) is 0. The van der Waals surface area contributed by atoms with E-state index in [1.54, 1.807) is 0 Å². The molecule has 2 nitrogen and oxygen atoms in total. The van der Waals surface area contributed by atoms with E-state index in [0.717, 1.165) is 31.2 Å². The van der Waals surface area contributed by atoms with Gasteiger partial charge in [0.2, 0.25) is 0 Å². The smallest absolute Gasteiger partial charge is 0.147 e. The molecule has 0 fully saturated rings. The fourth-order valence-electron chi connectivity index (χ4n) is 3.53. The van der Waals surface area contributed by atoms with Crippen molar-refractivity contribution in [3.05, 3.63) is 87.9 Å². The average molecular weight is 445 g/mol. The van der Waals surface area contributed by atoms with Crippen LogP contribution in [0.4, 0.5) is 0 Å². The minimum atomic E-state index is -0.826. The molecule has 0 aliphatic heterocycles. The van der Waals surface area contributed by atoms with Gasteiger partial charge >= 0.3 is 0 Å². The molecule has 0 N–H and O–H groups in total. The molecule has 0 spiro atoms. The predicted molar refractivity (Wildman–Crippen MR) is 127 cm³/mol. The molecule has 160 valence electrons. The third kappa shape index (κ3) is 5.29. The van der Waals surface area contributed by atoms with Crippen LogP contribution in [0.5, 0.6) is 5.75 Å². The zero-order chi connectivity index (χ0) is 21.4. The van der Waals surface area contributed by atoms with Gasteiger partial charge in [0.1, 0.15) is 11.4 Å². The highest BCUT2D eigenvalue weighted by molar-refractivity contribution is 6.32. The Morgan fingerprint density at radius 1 is 0.933 bits per heavy atom. The molecule has 0 saturated carbocycles. The molecule has 4 heteroatoms. The van der Waals surface area contributed by atoms with Crippen LogP contribution in [-0.4, -0.2) is 13.2 Å². The second-order valence-electron chi connectivity index (χ2n) is 7.60. The summed E-state index contributed by atoms with van der Waals surface area (Å²) < 4.78 is 12.2. The summed E-state index contributed by atoms with van der Waals surface area (Å²) >= 11 is 13.5. The fraction of sp³-hybridized carbons (Fsp3) is 0.385. The molecule has 0 heterocycles. The molecular formula is C26H30Cl2O2. The van der Waals surface area contributed by atoms with Crippen LogP contribution < -0.4 is 4.74 Å². The first kappa shape index (κ1) is 22.9. The maximum absolute atomic E-state index is 6.90. The molecule has 0 aromatic heterocycles. The molecule has 2 unspecified atom stereocenters. The number of rotatable bonds is 10. The third-order valence-corrected chi connectivity index (χ3v) is 6.05. The van der Waals surface area contributed by atoms with Gasteiger partial charge in [-0.1, -0.05) is 98.4 Å². The van der Waals surface area contributed by atoms with Gasteiger partial charge in [0, 0.05) is 12.5 Å². The van der Waals surface area contributed by atoms with E-state index in [9.17, 15) is 0 Å². The number of unbranched alkanes of at least 4 members (excludes halogenated alkanes) is 2. The molecule has 2 aromatic rings. The summed E-state index contributed by atoms with van der Waals surface area (Å²) in [7, 11) is 0. The van der Waals surface area contributed by atoms with Gasteiger partial charge in [0.05, 0.1) is 16.7 Å². The van der Waals surface area contributed by atoms with Crippen LogP contribution in [0.1, 0.15) is 56.6 Å². The van der Waals surface area contributed by atoms with E-state index in [-0.39, 0.29) is 5.92 Å². The van der Waals surface area contributed by atoms with Crippen LogP contribution in [0, 0.1) is 0 Å². The average Bonchev–Trinajstić information content (AvgIpc) is 2.77. The Balaban J connectivity index is 1.91. The number of hydrogen-bond acceptors (Lipinski definition) is 2. The summed E-state index contributed by atoms with van der Waals surface area (Å²) in [6.07, 6.45) is 10.4. The molecule has 0 amide bonds. The zero-order valence-corrected chi connectivity index (χ0v) is 19.3. The number of halogens is 2. The first-order valence-electron chi connectivity index (χ1n) is 10.8. The lowest BCUT2D eigenvalue weighted by molar-refractivity contribution is 0.0180. The highest BCUT2D eigenvalue weighted by Gasteiger charge is 2.37. The van der Waals surface area contributed by atoms with E-state index >= 15 is 0 Å². The van der Waals surface area contributed by atoms with Crippen molar-refractivity contribution in [3.8, 4) is 5.75 Å². The number of allylic oxidation sites excluding steroid dienone is 2. The van der Waals surface area contributed by atoms with Crippen LogP contribution >= 0.6 is 23.2 Å². The monoisotopic (exact) mass is 444 g/mol. The summed E-state index contributed by atoms with van der Waals surface area (Å²) in [5.41, 5.74) is 1.29. The minimum absolute atomic E-state index is 0.119. The lowest BCUT2D eigenvalue weighted by Crippen LogP contribution is -2.31. The van der Waals surface area contributed by atoms with Gasteiger partial charge < -0.3 is 9.47 Å². The normalized spacial score (nSPS) is 20.8. The molecular weight excluding hydrogens is 415 g/mol. The molecule has 2 aromatic carbocycles. The maximum Gasteiger partial charge on any atom is 0.147 e. The van der Waals surface area contributed by atoms with Gasteiger partial charge in [-0.05, 0) is 42.2 Å².